The number of likely N-dealkylation sites (tertiary alicyclic amines) is 1. The predicted molar refractivity (Wildman–Crippen MR) is 216 cm³/mol. The molecule has 5 aliphatic rings. The van der Waals surface area contributed by atoms with E-state index in [1.54, 1.807) is 25.4 Å². The van der Waals surface area contributed by atoms with E-state index in [1.165, 1.54) is 10.2 Å². The number of nitrogens with one attached hydrogen (secondary N) is 2. The highest BCUT2D eigenvalue weighted by atomic mass is 79.9. The highest BCUT2D eigenvalue weighted by molar-refractivity contribution is 9.10. The maximum absolute atomic E-state index is 13.6. The Morgan fingerprint density at radius 2 is 1.63 bits per heavy atom. The van der Waals surface area contributed by atoms with Gasteiger partial charge in [0.2, 0.25) is 11.8 Å². The number of halogens is 1. The van der Waals surface area contributed by atoms with Crippen LogP contribution in [-0.4, -0.2) is 137 Å². The number of amides is 5. The number of aromatic nitrogens is 2. The number of hydrogen-bond donors (Lipinski definition) is 2. The summed E-state index contributed by atoms with van der Waals surface area (Å²) in [6, 6.07) is 12.5. The first-order valence-electron chi connectivity index (χ1n) is 19.8. The van der Waals surface area contributed by atoms with E-state index in [9.17, 15) is 28.8 Å². The molecule has 2 N–H and O–H groups in total. The number of anilines is 2. The Labute approximate surface area is 339 Å². The van der Waals surface area contributed by atoms with Gasteiger partial charge in [-0.25, -0.2) is 4.68 Å². The molecular weight excluding hydrogens is 794 g/mol. The maximum Gasteiger partial charge on any atom is 0.282 e. The Balaban J connectivity index is 0.811. The van der Waals surface area contributed by atoms with Crippen LogP contribution < -0.4 is 21.1 Å². The Bertz CT molecular complexity index is 2140. The van der Waals surface area contributed by atoms with Crippen molar-refractivity contribution in [1.29, 1.82) is 0 Å². The summed E-state index contributed by atoms with van der Waals surface area (Å²) in [5, 5.41) is 9.93. The van der Waals surface area contributed by atoms with E-state index in [2.05, 4.69) is 65.5 Å². The first-order valence-corrected chi connectivity index (χ1v) is 20.6. The van der Waals surface area contributed by atoms with Crippen LogP contribution in [0.15, 0.2) is 57.9 Å². The standard InChI is InChI=1S/C41H48BrN9O6/c1-46-23-28(20-29(24-46)44-31-21-43-47(2)41(57)36(31)42)26-6-8-27(9-7-26)38(54)50-18-16-48(17-19-50)22-25-12-14-49(15-13-25)32-5-3-4-30-35(32)40(56)51(39(30)55)33-10-11-34(52)45-37(33)53/h3-9,21,25,28-29,33,44H,10-20,22-24H2,1-2H3,(H,45,52,53)/t28-,29+,33?/m1/s1. The van der Waals surface area contributed by atoms with Gasteiger partial charge in [-0.05, 0) is 90.3 Å². The number of carbonyl (C=O) groups is 5. The van der Waals surface area contributed by atoms with Crippen molar-refractivity contribution >= 4 is 56.8 Å². The Kier molecular flexibility index (Phi) is 11.0. The van der Waals surface area contributed by atoms with Gasteiger partial charge in [0.05, 0.1) is 28.7 Å². The molecule has 0 spiro atoms. The summed E-state index contributed by atoms with van der Waals surface area (Å²) in [5.74, 6) is -1.17. The van der Waals surface area contributed by atoms with Gasteiger partial charge in [0, 0.05) is 84.0 Å². The normalized spacial score (nSPS) is 23.8. The van der Waals surface area contributed by atoms with Crippen LogP contribution in [0.1, 0.15) is 74.7 Å². The van der Waals surface area contributed by atoms with Gasteiger partial charge in [0.25, 0.3) is 23.3 Å². The number of piperazine rings is 1. The molecular formula is C41H48BrN9O6. The van der Waals surface area contributed by atoms with Gasteiger partial charge in [-0.3, -0.25) is 43.9 Å². The van der Waals surface area contributed by atoms with Crippen molar-refractivity contribution in [1.82, 2.24) is 34.7 Å². The van der Waals surface area contributed by atoms with Gasteiger partial charge in [-0.1, -0.05) is 18.2 Å². The fraction of sp³-hybridized carbons (Fsp3) is 0.488. The monoisotopic (exact) mass is 841 g/mol. The predicted octanol–water partition coefficient (Wildman–Crippen LogP) is 2.52. The number of piperidine rings is 3. The summed E-state index contributed by atoms with van der Waals surface area (Å²) in [5.41, 5.74) is 3.75. The average molecular weight is 843 g/mol. The van der Waals surface area contributed by atoms with Crippen molar-refractivity contribution in [3.05, 3.63) is 85.7 Å². The molecule has 4 fully saturated rings. The van der Waals surface area contributed by atoms with E-state index in [-0.39, 0.29) is 36.3 Å². The van der Waals surface area contributed by atoms with E-state index in [4.69, 9.17) is 0 Å². The molecule has 1 unspecified atom stereocenters. The third-order valence-corrected chi connectivity index (χ3v) is 13.0. The molecule has 6 heterocycles. The lowest BCUT2D eigenvalue weighted by Gasteiger charge is -2.39. The lowest BCUT2D eigenvalue weighted by molar-refractivity contribution is -0.136. The lowest BCUT2D eigenvalue weighted by Crippen LogP contribution is -2.54. The van der Waals surface area contributed by atoms with Crippen molar-refractivity contribution < 1.29 is 24.0 Å². The van der Waals surface area contributed by atoms with Gasteiger partial charge >= 0.3 is 0 Å². The van der Waals surface area contributed by atoms with Crippen molar-refractivity contribution in [2.45, 2.75) is 50.1 Å². The number of hydrogen-bond acceptors (Lipinski definition) is 11. The zero-order valence-corrected chi connectivity index (χ0v) is 33.9. The number of benzene rings is 2. The van der Waals surface area contributed by atoms with Crippen LogP contribution in [-0.2, 0) is 16.6 Å². The first kappa shape index (κ1) is 38.9. The van der Waals surface area contributed by atoms with Crippen molar-refractivity contribution in [3.63, 3.8) is 0 Å². The molecule has 4 saturated heterocycles. The highest BCUT2D eigenvalue weighted by Crippen LogP contribution is 2.36. The molecule has 3 atom stereocenters. The Morgan fingerprint density at radius 3 is 2.35 bits per heavy atom. The first-order chi connectivity index (χ1) is 27.4. The molecule has 3 aromatic rings. The van der Waals surface area contributed by atoms with Crippen LogP contribution in [0.5, 0.6) is 0 Å². The summed E-state index contributed by atoms with van der Waals surface area (Å²) in [6.07, 6.45) is 4.64. The summed E-state index contributed by atoms with van der Waals surface area (Å²) in [4.78, 5) is 87.0. The number of likely N-dealkylation sites (N-methyl/N-ethyl adjacent to an activating group) is 1. The number of rotatable bonds is 8. The van der Waals surface area contributed by atoms with Crippen LogP contribution in [0.2, 0.25) is 0 Å². The van der Waals surface area contributed by atoms with E-state index in [0.717, 1.165) is 75.7 Å². The molecule has 2 aromatic carbocycles. The van der Waals surface area contributed by atoms with Crippen LogP contribution in [0.4, 0.5) is 11.4 Å². The van der Waals surface area contributed by atoms with Gasteiger partial charge in [-0.15, -0.1) is 0 Å². The molecule has 57 heavy (non-hydrogen) atoms. The number of carbonyl (C=O) groups excluding carboxylic acids is 5. The summed E-state index contributed by atoms with van der Waals surface area (Å²) >= 11 is 3.42. The minimum atomic E-state index is -0.987. The molecule has 5 amide bonds. The fourth-order valence-electron chi connectivity index (χ4n) is 9.19. The molecule has 5 aliphatic heterocycles. The maximum atomic E-state index is 13.6. The summed E-state index contributed by atoms with van der Waals surface area (Å²) < 4.78 is 1.78. The fourth-order valence-corrected chi connectivity index (χ4v) is 9.67. The number of aryl methyl sites for hydroxylation is 1. The van der Waals surface area contributed by atoms with Crippen LogP contribution >= 0.6 is 15.9 Å². The second-order valence-electron chi connectivity index (χ2n) is 16.1. The zero-order chi connectivity index (χ0) is 40.0. The quantitative estimate of drug-likeness (QED) is 0.321. The van der Waals surface area contributed by atoms with E-state index >= 15 is 0 Å². The number of imide groups is 2. The molecule has 0 aliphatic carbocycles. The van der Waals surface area contributed by atoms with Gasteiger partial charge in [0.15, 0.2) is 0 Å². The van der Waals surface area contributed by atoms with E-state index in [0.29, 0.717) is 45.9 Å². The molecule has 16 heteroatoms. The second-order valence-corrected chi connectivity index (χ2v) is 16.9. The molecule has 8 rings (SSSR count). The Hall–Kier alpha value is -4.93. The molecule has 0 radical (unpaired) electrons. The second kappa shape index (κ2) is 16.1. The van der Waals surface area contributed by atoms with Gasteiger partial charge in [-0.2, -0.15) is 5.10 Å². The third-order valence-electron chi connectivity index (χ3n) is 12.3. The highest BCUT2D eigenvalue weighted by Gasteiger charge is 2.46. The molecule has 0 saturated carbocycles. The summed E-state index contributed by atoms with van der Waals surface area (Å²) in [6.45, 7) is 7.14. The zero-order valence-electron chi connectivity index (χ0n) is 32.3. The van der Waals surface area contributed by atoms with Gasteiger partial charge in [0.1, 0.15) is 10.5 Å². The van der Waals surface area contributed by atoms with Crippen molar-refractivity contribution in [2.75, 3.05) is 76.2 Å². The average Bonchev–Trinajstić information content (AvgIpc) is 3.47. The van der Waals surface area contributed by atoms with Crippen LogP contribution in [0.3, 0.4) is 0 Å². The van der Waals surface area contributed by atoms with E-state index in [1.807, 2.05) is 23.1 Å². The SMILES string of the molecule is CN1C[C@@H](Nc2cnn(C)c(=O)c2Br)C[C@@H](c2ccc(C(=O)N3CCN(CC4CCN(c5cccc6c5C(=O)N(C5CCC(=O)NC5=O)C6=O)CC4)CC3)cc2)C1. The Morgan fingerprint density at radius 1 is 0.895 bits per heavy atom. The smallest absolute Gasteiger partial charge is 0.282 e. The summed E-state index contributed by atoms with van der Waals surface area (Å²) in [7, 11) is 3.73. The van der Waals surface area contributed by atoms with Crippen molar-refractivity contribution in [3.8, 4) is 0 Å². The third kappa shape index (κ3) is 7.86. The molecule has 0 bridgehead atoms. The number of fused-ring (bicyclic) bond motifs is 1. The van der Waals surface area contributed by atoms with E-state index < -0.39 is 29.7 Å². The van der Waals surface area contributed by atoms with Crippen LogP contribution in [0.25, 0.3) is 0 Å². The van der Waals surface area contributed by atoms with Crippen molar-refractivity contribution in [2.24, 2.45) is 13.0 Å². The largest absolute Gasteiger partial charge is 0.379 e. The topological polar surface area (TPSA) is 160 Å². The molecule has 300 valence electrons. The lowest BCUT2D eigenvalue weighted by atomic mass is 9.87. The minimum Gasteiger partial charge on any atom is -0.379 e. The van der Waals surface area contributed by atoms with Gasteiger partial charge < -0.3 is 20.0 Å². The van der Waals surface area contributed by atoms with Crippen LogP contribution in [0, 0.1) is 5.92 Å². The minimum absolute atomic E-state index is 0.0532. The molecule has 15 nitrogen and oxygen atoms in total. The number of nitrogens with zero attached hydrogens (tertiary/aromatic N) is 7. The molecule has 1 aromatic heterocycles.